The Morgan fingerprint density at radius 2 is 2.16 bits per heavy atom. The van der Waals surface area contributed by atoms with E-state index in [9.17, 15) is 0 Å². The summed E-state index contributed by atoms with van der Waals surface area (Å²) >= 11 is 6.06. The quantitative estimate of drug-likeness (QED) is 0.325. The fraction of sp³-hybridized carbons (Fsp3) is 0.353. The molecule has 8 heteroatoms. The van der Waals surface area contributed by atoms with Crippen LogP contribution in [0.1, 0.15) is 11.6 Å². The van der Waals surface area contributed by atoms with Gasteiger partial charge in [-0.05, 0) is 19.1 Å². The number of rotatable bonds is 8. The van der Waals surface area contributed by atoms with Crippen LogP contribution < -0.4 is 15.4 Å². The predicted molar refractivity (Wildman–Crippen MR) is 100 cm³/mol. The monoisotopic (exact) mass is 362 g/mol. The van der Waals surface area contributed by atoms with Gasteiger partial charge in [0, 0.05) is 13.6 Å². The summed E-state index contributed by atoms with van der Waals surface area (Å²) in [4.78, 5) is 4.51. The molecule has 0 aliphatic carbocycles. The Morgan fingerprint density at radius 1 is 1.36 bits per heavy atom. The third-order valence-corrected chi connectivity index (χ3v) is 3.78. The zero-order valence-corrected chi connectivity index (χ0v) is 15.3. The number of ether oxygens (including phenoxy) is 1. The lowest BCUT2D eigenvalue weighted by Crippen LogP contribution is -2.39. The highest BCUT2D eigenvalue weighted by molar-refractivity contribution is 6.32. The first kappa shape index (κ1) is 18.8. The van der Waals surface area contributed by atoms with Gasteiger partial charge in [0.15, 0.2) is 11.8 Å². The Bertz CT molecular complexity index is 728. The molecule has 0 spiro atoms. The average Bonchev–Trinajstić information content (AvgIpc) is 2.93. The van der Waals surface area contributed by atoms with Crippen molar-refractivity contribution >= 4 is 17.6 Å². The molecular weight excluding hydrogens is 340 g/mol. The molecule has 0 unspecified atom stereocenters. The molecule has 134 valence electrons. The van der Waals surface area contributed by atoms with Gasteiger partial charge < -0.3 is 19.9 Å². The van der Waals surface area contributed by atoms with Crippen LogP contribution in [0, 0.1) is 6.92 Å². The van der Waals surface area contributed by atoms with Crippen LogP contribution in [0.15, 0.2) is 41.9 Å². The fourth-order valence-corrected chi connectivity index (χ4v) is 2.16. The second-order valence-corrected chi connectivity index (χ2v) is 5.67. The molecule has 1 aromatic heterocycles. The first-order valence-corrected chi connectivity index (χ1v) is 8.35. The summed E-state index contributed by atoms with van der Waals surface area (Å²) in [6, 6.07) is 7.39. The van der Waals surface area contributed by atoms with Gasteiger partial charge in [-0.1, -0.05) is 29.8 Å². The van der Waals surface area contributed by atoms with Gasteiger partial charge in [-0.25, -0.2) is 4.99 Å². The molecule has 0 saturated carbocycles. The number of hydrogen-bond acceptors (Lipinski definition) is 4. The van der Waals surface area contributed by atoms with Crippen LogP contribution in [-0.2, 0) is 13.6 Å². The Morgan fingerprint density at radius 3 is 2.84 bits per heavy atom. The topological polar surface area (TPSA) is 76.4 Å². The number of benzene rings is 1. The van der Waals surface area contributed by atoms with E-state index >= 15 is 0 Å². The molecule has 2 aromatic rings. The van der Waals surface area contributed by atoms with E-state index in [0.717, 1.165) is 11.6 Å². The van der Waals surface area contributed by atoms with Crippen LogP contribution in [-0.4, -0.2) is 40.4 Å². The van der Waals surface area contributed by atoms with E-state index in [4.69, 9.17) is 16.3 Å². The molecule has 0 amide bonds. The number of nitrogens with one attached hydrogen (secondary N) is 2. The molecule has 0 aliphatic rings. The van der Waals surface area contributed by atoms with Crippen molar-refractivity contribution in [1.82, 2.24) is 25.4 Å². The maximum Gasteiger partial charge on any atom is 0.192 e. The van der Waals surface area contributed by atoms with Crippen molar-refractivity contribution in [2.24, 2.45) is 12.0 Å². The van der Waals surface area contributed by atoms with Gasteiger partial charge in [0.1, 0.15) is 24.7 Å². The number of para-hydroxylation sites is 1. The molecule has 0 saturated heterocycles. The highest BCUT2D eigenvalue weighted by Gasteiger charge is 2.05. The largest absolute Gasteiger partial charge is 0.490 e. The highest BCUT2D eigenvalue weighted by atomic mass is 35.5. The number of halogens is 1. The third-order valence-electron chi connectivity index (χ3n) is 3.46. The van der Waals surface area contributed by atoms with Crippen molar-refractivity contribution in [3.63, 3.8) is 0 Å². The molecule has 1 aromatic carbocycles. The van der Waals surface area contributed by atoms with Gasteiger partial charge in [-0.3, -0.25) is 0 Å². The van der Waals surface area contributed by atoms with E-state index in [1.54, 1.807) is 12.1 Å². The molecule has 0 fully saturated rings. The standard InChI is InChI=1S/C17H23ClN6O/c1-4-9-19-17(21-12-16-23-22-13(2)24(16)3)20-10-11-25-15-8-6-5-7-14(15)18/h4-8H,1,9-12H2,2-3H3,(H2,19,20,21). The number of nitrogens with zero attached hydrogens (tertiary/aromatic N) is 4. The lowest BCUT2D eigenvalue weighted by molar-refractivity contribution is 0.322. The van der Waals surface area contributed by atoms with E-state index in [-0.39, 0.29) is 0 Å². The van der Waals surface area contributed by atoms with Crippen molar-refractivity contribution in [2.75, 3.05) is 19.7 Å². The second kappa shape index (κ2) is 9.68. The summed E-state index contributed by atoms with van der Waals surface area (Å²) in [7, 11) is 1.92. The molecule has 0 bridgehead atoms. The minimum absolute atomic E-state index is 0.426. The van der Waals surface area contributed by atoms with Crippen LogP contribution in [0.3, 0.4) is 0 Å². The summed E-state index contributed by atoms with van der Waals surface area (Å²) in [5, 5.41) is 15.1. The maximum atomic E-state index is 6.06. The van der Waals surface area contributed by atoms with Gasteiger partial charge in [-0.2, -0.15) is 0 Å². The Labute approximate surface area is 152 Å². The Kier molecular flexibility index (Phi) is 7.28. The first-order valence-electron chi connectivity index (χ1n) is 7.97. The number of aryl methyl sites for hydroxylation is 1. The Hall–Kier alpha value is -2.54. The summed E-state index contributed by atoms with van der Waals surface area (Å²) in [6.07, 6.45) is 1.77. The van der Waals surface area contributed by atoms with Gasteiger partial charge in [-0.15, -0.1) is 16.8 Å². The van der Waals surface area contributed by atoms with Crippen LogP contribution in [0.4, 0.5) is 0 Å². The zero-order valence-electron chi connectivity index (χ0n) is 14.5. The maximum absolute atomic E-state index is 6.06. The van der Waals surface area contributed by atoms with Gasteiger partial charge in [0.2, 0.25) is 0 Å². The van der Waals surface area contributed by atoms with Crippen molar-refractivity contribution in [3.8, 4) is 5.75 Å². The van der Waals surface area contributed by atoms with Crippen molar-refractivity contribution in [2.45, 2.75) is 13.5 Å². The smallest absolute Gasteiger partial charge is 0.192 e. The molecule has 0 atom stereocenters. The lowest BCUT2D eigenvalue weighted by Gasteiger charge is -2.12. The molecule has 25 heavy (non-hydrogen) atoms. The molecule has 1 heterocycles. The zero-order chi connectivity index (χ0) is 18.1. The summed E-state index contributed by atoms with van der Waals surface area (Å²) in [5.41, 5.74) is 0. The van der Waals surface area contributed by atoms with Gasteiger partial charge in [0.25, 0.3) is 0 Å². The fourth-order valence-electron chi connectivity index (χ4n) is 1.97. The molecule has 0 radical (unpaired) electrons. The van der Waals surface area contributed by atoms with E-state index < -0.39 is 0 Å². The van der Waals surface area contributed by atoms with E-state index in [1.165, 1.54) is 0 Å². The van der Waals surface area contributed by atoms with Crippen LogP contribution in [0.25, 0.3) is 0 Å². The Balaban J connectivity index is 1.86. The number of guanidine groups is 1. The van der Waals surface area contributed by atoms with Crippen molar-refractivity contribution < 1.29 is 4.74 Å². The van der Waals surface area contributed by atoms with E-state index in [1.807, 2.05) is 36.7 Å². The van der Waals surface area contributed by atoms with Crippen LogP contribution in [0.5, 0.6) is 5.75 Å². The summed E-state index contributed by atoms with van der Waals surface area (Å²) < 4.78 is 7.56. The summed E-state index contributed by atoms with van der Waals surface area (Å²) in [6.45, 7) is 7.67. The minimum atomic E-state index is 0.426. The lowest BCUT2D eigenvalue weighted by atomic mass is 10.3. The molecular formula is C17H23ClN6O. The molecule has 7 nitrogen and oxygen atoms in total. The normalized spacial score (nSPS) is 11.2. The summed E-state index contributed by atoms with van der Waals surface area (Å²) in [5.74, 6) is 2.97. The minimum Gasteiger partial charge on any atom is -0.490 e. The number of hydrogen-bond donors (Lipinski definition) is 2. The van der Waals surface area contributed by atoms with Crippen molar-refractivity contribution in [3.05, 3.63) is 53.6 Å². The molecule has 0 aliphatic heterocycles. The highest BCUT2D eigenvalue weighted by Crippen LogP contribution is 2.22. The number of aromatic nitrogens is 3. The van der Waals surface area contributed by atoms with Gasteiger partial charge in [0.05, 0.1) is 11.6 Å². The molecule has 2 rings (SSSR count). The van der Waals surface area contributed by atoms with Crippen LogP contribution in [0.2, 0.25) is 5.02 Å². The third kappa shape index (κ3) is 5.79. The second-order valence-electron chi connectivity index (χ2n) is 5.26. The first-order chi connectivity index (χ1) is 12.1. The van der Waals surface area contributed by atoms with Gasteiger partial charge >= 0.3 is 0 Å². The molecule has 2 N–H and O–H groups in total. The van der Waals surface area contributed by atoms with E-state index in [0.29, 0.717) is 43.0 Å². The SMILES string of the molecule is C=CCNC(=NCc1nnc(C)n1C)NCCOc1ccccc1Cl. The average molecular weight is 363 g/mol. The van der Waals surface area contributed by atoms with E-state index in [2.05, 4.69) is 32.4 Å². The van der Waals surface area contributed by atoms with Crippen LogP contribution >= 0.6 is 11.6 Å². The number of aliphatic imine (C=N–C) groups is 1. The predicted octanol–water partition coefficient (Wildman–Crippen LogP) is 2.08. The van der Waals surface area contributed by atoms with Crippen molar-refractivity contribution in [1.29, 1.82) is 0 Å².